The highest BCUT2D eigenvalue weighted by Crippen LogP contribution is 2.23. The predicted molar refractivity (Wildman–Crippen MR) is 82.5 cm³/mol. The summed E-state index contributed by atoms with van der Waals surface area (Å²) in [6.07, 6.45) is 0. The first-order valence-corrected chi connectivity index (χ1v) is 6.74. The van der Waals surface area contributed by atoms with Gasteiger partial charge < -0.3 is 5.32 Å². The molecule has 2 aromatic carbocycles. The van der Waals surface area contributed by atoms with Gasteiger partial charge in [0.15, 0.2) is 0 Å². The maximum atomic E-state index is 12.0. The topological polar surface area (TPSA) is 113 Å². The number of aromatic nitrogens is 4. The molecule has 0 aliphatic carbocycles. The molecule has 0 atom stereocenters. The number of carbonyl (C=O) groups excluding carboxylic acids is 2. The number of rotatable bonds is 3. The molecule has 3 amide bonds. The van der Waals surface area contributed by atoms with Crippen LogP contribution in [0.1, 0.15) is 10.4 Å². The van der Waals surface area contributed by atoms with Crippen LogP contribution in [0.5, 0.6) is 0 Å². The molecule has 0 fully saturated rings. The van der Waals surface area contributed by atoms with Crippen LogP contribution in [0.25, 0.3) is 11.4 Å². The third kappa shape index (κ3) is 3.38. The largest absolute Gasteiger partial charge is 0.326 e. The fraction of sp³-hybridized carbons (Fsp3) is 0. The van der Waals surface area contributed by atoms with Gasteiger partial charge in [0.05, 0.1) is 5.69 Å². The first-order chi connectivity index (χ1) is 11.2. The fourth-order valence-electron chi connectivity index (χ4n) is 1.98. The highest BCUT2D eigenvalue weighted by atomic mass is 16.2. The van der Waals surface area contributed by atoms with Crippen LogP contribution in [0, 0.1) is 0 Å². The van der Waals surface area contributed by atoms with Gasteiger partial charge in [-0.2, -0.15) is 5.21 Å². The molecule has 114 valence electrons. The summed E-state index contributed by atoms with van der Waals surface area (Å²) < 4.78 is 0. The minimum Gasteiger partial charge on any atom is -0.307 e. The van der Waals surface area contributed by atoms with E-state index in [0.29, 0.717) is 22.6 Å². The van der Waals surface area contributed by atoms with E-state index in [1.165, 1.54) is 0 Å². The number of tetrazole rings is 1. The van der Waals surface area contributed by atoms with Gasteiger partial charge in [0.2, 0.25) is 5.82 Å². The molecule has 0 aliphatic heterocycles. The summed E-state index contributed by atoms with van der Waals surface area (Å²) in [7, 11) is 0. The SMILES string of the molecule is O=C(NC(=O)c1ccccc1)Nc1ccccc1-c1nn[nH]n1. The van der Waals surface area contributed by atoms with Crippen molar-refractivity contribution in [1.29, 1.82) is 0 Å². The fourth-order valence-corrected chi connectivity index (χ4v) is 1.98. The number of amides is 3. The number of imide groups is 1. The van der Waals surface area contributed by atoms with Crippen molar-refractivity contribution in [3.05, 3.63) is 60.2 Å². The van der Waals surface area contributed by atoms with Gasteiger partial charge in [-0.25, -0.2) is 4.79 Å². The lowest BCUT2D eigenvalue weighted by Gasteiger charge is -2.09. The van der Waals surface area contributed by atoms with Crippen LogP contribution in [0.3, 0.4) is 0 Å². The van der Waals surface area contributed by atoms with Crippen LogP contribution in [-0.4, -0.2) is 32.6 Å². The molecule has 1 aromatic heterocycles. The van der Waals surface area contributed by atoms with Crippen LogP contribution in [-0.2, 0) is 0 Å². The Bertz CT molecular complexity index is 817. The van der Waals surface area contributed by atoms with Crippen molar-refractivity contribution in [1.82, 2.24) is 25.9 Å². The Balaban J connectivity index is 1.73. The molecule has 8 heteroatoms. The number of para-hydroxylation sites is 1. The standard InChI is InChI=1S/C15H12N6O2/c22-14(10-6-2-1-3-7-10)17-15(23)16-12-9-5-4-8-11(12)13-18-20-21-19-13/h1-9H,(H2,16,17,22,23)(H,18,19,20,21). The molecule has 3 aromatic rings. The van der Waals surface area contributed by atoms with Gasteiger partial charge in [0.25, 0.3) is 5.91 Å². The van der Waals surface area contributed by atoms with Crippen LogP contribution >= 0.6 is 0 Å². The number of urea groups is 1. The minimum atomic E-state index is -0.644. The molecule has 0 saturated carbocycles. The second kappa shape index (κ2) is 6.48. The Morgan fingerprint density at radius 3 is 2.43 bits per heavy atom. The van der Waals surface area contributed by atoms with Gasteiger partial charge in [-0.1, -0.05) is 30.3 Å². The van der Waals surface area contributed by atoms with Crippen molar-refractivity contribution in [3.63, 3.8) is 0 Å². The summed E-state index contributed by atoms with van der Waals surface area (Å²) in [4.78, 5) is 24.0. The molecular formula is C15H12N6O2. The Morgan fingerprint density at radius 2 is 1.70 bits per heavy atom. The minimum absolute atomic E-state index is 0.343. The number of aromatic amines is 1. The van der Waals surface area contributed by atoms with E-state index >= 15 is 0 Å². The zero-order valence-corrected chi connectivity index (χ0v) is 11.9. The van der Waals surface area contributed by atoms with E-state index in [0.717, 1.165) is 0 Å². The number of benzene rings is 2. The van der Waals surface area contributed by atoms with Gasteiger partial charge in [-0.3, -0.25) is 10.1 Å². The summed E-state index contributed by atoms with van der Waals surface area (Å²) in [6, 6.07) is 14.8. The number of carbonyl (C=O) groups is 2. The van der Waals surface area contributed by atoms with Gasteiger partial charge in [0.1, 0.15) is 0 Å². The molecular weight excluding hydrogens is 296 g/mol. The smallest absolute Gasteiger partial charge is 0.307 e. The van der Waals surface area contributed by atoms with Gasteiger partial charge in [-0.15, -0.1) is 10.2 Å². The summed E-state index contributed by atoms with van der Waals surface area (Å²) in [5.41, 5.74) is 1.45. The zero-order valence-electron chi connectivity index (χ0n) is 11.9. The maximum Gasteiger partial charge on any atom is 0.326 e. The zero-order chi connectivity index (χ0) is 16.1. The molecule has 23 heavy (non-hydrogen) atoms. The number of hydrogen-bond acceptors (Lipinski definition) is 5. The number of H-pyrrole nitrogens is 1. The second-order valence-corrected chi connectivity index (χ2v) is 4.56. The maximum absolute atomic E-state index is 12.0. The number of hydrogen-bond donors (Lipinski definition) is 3. The van der Waals surface area contributed by atoms with Gasteiger partial charge >= 0.3 is 6.03 Å². The molecule has 3 N–H and O–H groups in total. The average Bonchev–Trinajstić information content (AvgIpc) is 3.10. The Morgan fingerprint density at radius 1 is 0.957 bits per heavy atom. The number of anilines is 1. The highest BCUT2D eigenvalue weighted by Gasteiger charge is 2.13. The van der Waals surface area contributed by atoms with E-state index in [-0.39, 0.29) is 0 Å². The van der Waals surface area contributed by atoms with E-state index in [2.05, 4.69) is 31.3 Å². The van der Waals surface area contributed by atoms with Crippen molar-refractivity contribution in [2.24, 2.45) is 0 Å². The molecule has 0 spiro atoms. The van der Waals surface area contributed by atoms with E-state index < -0.39 is 11.9 Å². The van der Waals surface area contributed by atoms with Crippen molar-refractivity contribution < 1.29 is 9.59 Å². The van der Waals surface area contributed by atoms with Gasteiger partial charge in [-0.05, 0) is 29.5 Å². The van der Waals surface area contributed by atoms with Gasteiger partial charge in [0, 0.05) is 11.1 Å². The van der Waals surface area contributed by atoms with Crippen molar-refractivity contribution in [2.45, 2.75) is 0 Å². The normalized spacial score (nSPS) is 10.1. The monoisotopic (exact) mass is 308 g/mol. The van der Waals surface area contributed by atoms with Crippen LogP contribution in [0.4, 0.5) is 10.5 Å². The quantitative estimate of drug-likeness (QED) is 0.683. The lowest BCUT2D eigenvalue weighted by Crippen LogP contribution is -2.34. The molecule has 0 bridgehead atoms. The first kappa shape index (κ1) is 14.4. The van der Waals surface area contributed by atoms with E-state index in [4.69, 9.17) is 0 Å². The van der Waals surface area contributed by atoms with Crippen molar-refractivity contribution in [2.75, 3.05) is 5.32 Å². The third-order valence-electron chi connectivity index (χ3n) is 3.02. The van der Waals surface area contributed by atoms with Crippen molar-refractivity contribution in [3.8, 4) is 11.4 Å². The molecule has 0 saturated heterocycles. The van der Waals surface area contributed by atoms with Crippen molar-refractivity contribution >= 4 is 17.6 Å². The lowest BCUT2D eigenvalue weighted by molar-refractivity contribution is 0.0967. The molecule has 0 radical (unpaired) electrons. The number of nitrogens with zero attached hydrogens (tertiary/aromatic N) is 3. The number of nitrogens with one attached hydrogen (secondary N) is 3. The van der Waals surface area contributed by atoms with Crippen LogP contribution in [0.2, 0.25) is 0 Å². The molecule has 8 nitrogen and oxygen atoms in total. The third-order valence-corrected chi connectivity index (χ3v) is 3.02. The second-order valence-electron chi connectivity index (χ2n) is 4.56. The lowest BCUT2D eigenvalue weighted by atomic mass is 10.1. The predicted octanol–water partition coefficient (Wildman–Crippen LogP) is 1.83. The summed E-state index contributed by atoms with van der Waals surface area (Å²) in [5.74, 6) is -0.143. The Labute approximate surface area is 130 Å². The average molecular weight is 308 g/mol. The summed E-state index contributed by atoms with van der Waals surface area (Å²) >= 11 is 0. The van der Waals surface area contributed by atoms with E-state index in [1.807, 2.05) is 0 Å². The summed E-state index contributed by atoms with van der Waals surface area (Å²) in [6.45, 7) is 0. The summed E-state index contributed by atoms with van der Waals surface area (Å²) in [5, 5.41) is 18.5. The molecule has 3 rings (SSSR count). The van der Waals surface area contributed by atoms with E-state index in [9.17, 15) is 9.59 Å². The molecule has 0 unspecified atom stereocenters. The highest BCUT2D eigenvalue weighted by molar-refractivity contribution is 6.08. The molecule has 0 aliphatic rings. The van der Waals surface area contributed by atoms with Crippen LogP contribution in [0.15, 0.2) is 54.6 Å². The van der Waals surface area contributed by atoms with Crippen LogP contribution < -0.4 is 10.6 Å². The first-order valence-electron chi connectivity index (χ1n) is 6.74. The van der Waals surface area contributed by atoms with E-state index in [1.54, 1.807) is 54.6 Å². The Kier molecular flexibility index (Phi) is 4.05. The molecule has 1 heterocycles. The Hall–Kier alpha value is -3.55.